The molecule has 0 N–H and O–H groups in total. The zero-order valence-electron chi connectivity index (χ0n) is 9.56. The zero-order chi connectivity index (χ0) is 10.2. The highest BCUT2D eigenvalue weighted by Crippen LogP contribution is 2.55. The second-order valence-electron chi connectivity index (χ2n) is 5.99. The lowest BCUT2D eigenvalue weighted by atomic mass is 10.3. The second kappa shape index (κ2) is 3.55. The van der Waals surface area contributed by atoms with Crippen molar-refractivity contribution in [2.24, 2.45) is 0 Å². The van der Waals surface area contributed by atoms with Gasteiger partial charge >= 0.3 is 0 Å². The lowest BCUT2D eigenvalue weighted by Gasteiger charge is -2.36. The van der Waals surface area contributed by atoms with Crippen molar-refractivity contribution in [2.45, 2.75) is 45.6 Å². The van der Waals surface area contributed by atoms with E-state index in [1.165, 1.54) is 5.79 Å². The first-order chi connectivity index (χ1) is 4.96. The van der Waals surface area contributed by atoms with Crippen molar-refractivity contribution in [3.05, 3.63) is 0 Å². The van der Waals surface area contributed by atoms with Gasteiger partial charge in [0.05, 0.1) is 0 Å². The van der Waals surface area contributed by atoms with Gasteiger partial charge in [-0.25, -0.2) is 0 Å². The van der Waals surface area contributed by atoms with Crippen LogP contribution in [0.4, 0.5) is 0 Å². The van der Waals surface area contributed by atoms with Crippen LogP contribution in [0.1, 0.15) is 20.8 Å². The number of rotatable bonds is 2. The molecule has 12 heavy (non-hydrogen) atoms. The first kappa shape index (κ1) is 12.9. The fraction of sp³-hybridized carbons (Fsp3) is 1.00. The molecule has 0 nitrogen and oxygen atoms in total. The molecule has 0 aliphatic heterocycles. The van der Waals surface area contributed by atoms with Gasteiger partial charge in [-0.2, -0.15) is 0 Å². The monoisotopic (exact) mass is 222 g/mol. The summed E-state index contributed by atoms with van der Waals surface area (Å²) in [5, 5.41) is 0.364. The highest BCUT2D eigenvalue weighted by Gasteiger charge is 2.31. The molecule has 0 aliphatic rings. The van der Waals surface area contributed by atoms with Crippen molar-refractivity contribution in [3.63, 3.8) is 0 Å². The van der Waals surface area contributed by atoms with Gasteiger partial charge in [-0.05, 0) is 23.6 Å². The standard InChI is InChI=1S/C9H23PSSi/c1-9(2,3)10(4,11)8-12(5,6)7/h8H2,1-7H3/t10-/m1/s1. The Kier molecular flexibility index (Phi) is 3.81. The topological polar surface area (TPSA) is 0 Å². The Balaban J connectivity index is 4.57. The summed E-state index contributed by atoms with van der Waals surface area (Å²) in [6, 6.07) is -1.10. The third kappa shape index (κ3) is 4.20. The third-order valence-electron chi connectivity index (χ3n) is 2.20. The fourth-order valence-electron chi connectivity index (χ4n) is 1.14. The van der Waals surface area contributed by atoms with Crippen LogP contribution in [0, 0.1) is 0 Å². The van der Waals surface area contributed by atoms with Crippen LogP contribution in [-0.2, 0) is 11.8 Å². The Hall–Kier alpha value is 0.867. The smallest absolute Gasteiger partial charge is 0.0494 e. The number of hydrogen-bond donors (Lipinski definition) is 0. The Morgan fingerprint density at radius 2 is 1.50 bits per heavy atom. The minimum Gasteiger partial charge on any atom is -0.0975 e. The van der Waals surface area contributed by atoms with E-state index in [2.05, 4.69) is 47.1 Å². The van der Waals surface area contributed by atoms with Gasteiger partial charge in [0.25, 0.3) is 0 Å². The maximum Gasteiger partial charge on any atom is 0.0494 e. The summed E-state index contributed by atoms with van der Waals surface area (Å²) in [7, 11) is -0.957. The molecule has 1 atom stereocenters. The Bertz CT molecular complexity index is 198. The summed E-state index contributed by atoms with van der Waals surface area (Å²) in [6.07, 6.45) is 0. The molecule has 0 saturated carbocycles. The highest BCUT2D eigenvalue weighted by atomic mass is 32.4. The quantitative estimate of drug-likeness (QED) is 0.506. The van der Waals surface area contributed by atoms with Crippen LogP contribution in [0.25, 0.3) is 0 Å². The number of hydrogen-bond acceptors (Lipinski definition) is 1. The van der Waals surface area contributed by atoms with Crippen LogP contribution in [0.2, 0.25) is 19.6 Å². The normalized spacial score (nSPS) is 18.9. The largest absolute Gasteiger partial charge is 0.0975 e. The molecule has 0 saturated heterocycles. The Morgan fingerprint density at radius 3 is 1.58 bits per heavy atom. The Morgan fingerprint density at radius 1 is 1.17 bits per heavy atom. The average Bonchev–Trinajstić information content (AvgIpc) is 1.52. The molecule has 0 bridgehead atoms. The summed E-state index contributed by atoms with van der Waals surface area (Å²) >= 11 is 5.77. The van der Waals surface area contributed by atoms with Gasteiger partial charge in [0.2, 0.25) is 0 Å². The minimum atomic E-state index is -1.10. The summed E-state index contributed by atoms with van der Waals surface area (Å²) < 4.78 is 0. The first-order valence-corrected chi connectivity index (χ1v) is 11.7. The van der Waals surface area contributed by atoms with E-state index in [0.717, 1.165) is 0 Å². The van der Waals surface area contributed by atoms with E-state index in [4.69, 9.17) is 11.8 Å². The molecule has 0 amide bonds. The lowest BCUT2D eigenvalue weighted by Crippen LogP contribution is -2.31. The molecule has 3 heteroatoms. The first-order valence-electron chi connectivity index (χ1n) is 4.52. The SMILES string of the molecule is CC(C)(C)[P@](C)(=S)C[Si](C)(C)C. The van der Waals surface area contributed by atoms with Crippen LogP contribution >= 0.6 is 6.04 Å². The molecule has 0 fully saturated rings. The van der Waals surface area contributed by atoms with Gasteiger partial charge in [0.1, 0.15) is 0 Å². The van der Waals surface area contributed by atoms with Crippen molar-refractivity contribution in [1.29, 1.82) is 0 Å². The van der Waals surface area contributed by atoms with Crippen molar-refractivity contribution < 1.29 is 0 Å². The van der Waals surface area contributed by atoms with Crippen LogP contribution in [0.5, 0.6) is 0 Å². The van der Waals surface area contributed by atoms with Crippen LogP contribution in [0.3, 0.4) is 0 Å². The van der Waals surface area contributed by atoms with Crippen LogP contribution < -0.4 is 0 Å². The predicted octanol–water partition coefficient (Wildman–Crippen LogP) is 3.77. The van der Waals surface area contributed by atoms with Crippen molar-refractivity contribution >= 4 is 25.9 Å². The van der Waals surface area contributed by atoms with Gasteiger partial charge in [-0.1, -0.05) is 52.2 Å². The van der Waals surface area contributed by atoms with Gasteiger partial charge in [-0.15, -0.1) is 0 Å². The fourth-order valence-corrected chi connectivity index (χ4v) is 13.8. The average molecular weight is 222 g/mol. The molecule has 0 rings (SSSR count). The summed E-state index contributed by atoms with van der Waals surface area (Å²) in [5.41, 5.74) is 0. The minimum absolute atomic E-state index is 0.364. The molecule has 74 valence electrons. The van der Waals surface area contributed by atoms with Crippen molar-refractivity contribution in [2.75, 3.05) is 12.5 Å². The molecule has 0 aliphatic carbocycles. The summed E-state index contributed by atoms with van der Waals surface area (Å²) in [5.74, 6) is 1.35. The summed E-state index contributed by atoms with van der Waals surface area (Å²) in [6.45, 7) is 16.5. The van der Waals surface area contributed by atoms with E-state index in [-0.39, 0.29) is 0 Å². The molecule has 0 unspecified atom stereocenters. The van der Waals surface area contributed by atoms with Gasteiger partial charge < -0.3 is 0 Å². The third-order valence-corrected chi connectivity index (χ3v) is 14.0. The lowest BCUT2D eigenvalue weighted by molar-refractivity contribution is 0.785. The van der Waals surface area contributed by atoms with E-state index in [9.17, 15) is 0 Å². The molecule has 0 spiro atoms. The highest BCUT2D eigenvalue weighted by molar-refractivity contribution is 8.15. The molecular weight excluding hydrogens is 199 g/mol. The van der Waals surface area contributed by atoms with E-state index in [1.54, 1.807) is 0 Å². The van der Waals surface area contributed by atoms with Crippen molar-refractivity contribution in [3.8, 4) is 0 Å². The Labute approximate surface area is 84.2 Å². The maximum absolute atomic E-state index is 5.77. The van der Waals surface area contributed by atoms with Gasteiger partial charge in [-0.3, -0.25) is 0 Å². The van der Waals surface area contributed by atoms with E-state index < -0.39 is 14.1 Å². The molecule has 0 heterocycles. The van der Waals surface area contributed by atoms with E-state index >= 15 is 0 Å². The predicted molar refractivity (Wildman–Crippen MR) is 68.2 cm³/mol. The maximum atomic E-state index is 5.77. The van der Waals surface area contributed by atoms with Gasteiger partial charge in [0, 0.05) is 8.07 Å². The van der Waals surface area contributed by atoms with E-state index in [0.29, 0.717) is 5.16 Å². The molecule has 0 aromatic rings. The molecular formula is C9H23PSSi. The van der Waals surface area contributed by atoms with Crippen LogP contribution in [-0.4, -0.2) is 25.7 Å². The van der Waals surface area contributed by atoms with Gasteiger partial charge in [0.15, 0.2) is 0 Å². The van der Waals surface area contributed by atoms with E-state index in [1.807, 2.05) is 0 Å². The second-order valence-corrected chi connectivity index (χ2v) is 18.3. The molecule has 0 aromatic carbocycles. The summed E-state index contributed by atoms with van der Waals surface area (Å²) in [4.78, 5) is 0. The molecule has 0 aromatic heterocycles. The molecule has 0 radical (unpaired) electrons. The van der Waals surface area contributed by atoms with Crippen molar-refractivity contribution in [1.82, 2.24) is 0 Å². The van der Waals surface area contributed by atoms with Crippen LogP contribution in [0.15, 0.2) is 0 Å². The zero-order valence-corrected chi connectivity index (χ0v) is 12.3.